The summed E-state index contributed by atoms with van der Waals surface area (Å²) < 4.78 is 0. The monoisotopic (exact) mass is 162 g/mol. The van der Waals surface area contributed by atoms with E-state index in [4.69, 9.17) is 10.4 Å². The average molecular weight is 162 g/mol. The molecule has 0 saturated carbocycles. The second-order valence-corrected chi connectivity index (χ2v) is 3.49. The van der Waals surface area contributed by atoms with Crippen LogP contribution in [0.4, 0.5) is 0 Å². The molecule has 0 rings (SSSR count). The molecule has 0 aromatic rings. The van der Waals surface area contributed by atoms with Gasteiger partial charge in [0.25, 0.3) is 0 Å². The summed E-state index contributed by atoms with van der Waals surface area (Å²) in [7, 11) is 1.37. The molecular formula is C8H20NO2+. The van der Waals surface area contributed by atoms with E-state index in [1.54, 1.807) is 0 Å². The molecule has 1 atom stereocenters. The number of rotatable bonds is 5. The Bertz CT molecular complexity index is 98.8. The predicted octanol–water partition coefficient (Wildman–Crippen LogP) is 2.04. The minimum Gasteiger partial charge on any atom is -0.182 e. The van der Waals surface area contributed by atoms with Crippen LogP contribution in [0.5, 0.6) is 0 Å². The molecule has 0 aromatic heterocycles. The van der Waals surface area contributed by atoms with Crippen LogP contribution >= 0.6 is 0 Å². The van der Waals surface area contributed by atoms with Crippen molar-refractivity contribution in [2.75, 3.05) is 13.6 Å². The highest BCUT2D eigenvalue weighted by Gasteiger charge is 2.15. The summed E-state index contributed by atoms with van der Waals surface area (Å²) in [5.41, 5.74) is 0. The van der Waals surface area contributed by atoms with Crippen molar-refractivity contribution in [3.8, 4) is 0 Å². The van der Waals surface area contributed by atoms with Crippen LogP contribution in [0.1, 0.15) is 33.1 Å². The van der Waals surface area contributed by atoms with E-state index in [1.165, 1.54) is 19.9 Å². The molecule has 0 saturated heterocycles. The number of quaternary nitrogens is 1. The summed E-state index contributed by atoms with van der Waals surface area (Å²) in [6, 6.07) is 0. The lowest BCUT2D eigenvalue weighted by atomic mass is 10.0. The Hall–Kier alpha value is -0.120. The van der Waals surface area contributed by atoms with Gasteiger partial charge in [-0.2, -0.15) is 10.4 Å². The van der Waals surface area contributed by atoms with Gasteiger partial charge in [0.05, 0.1) is 0 Å². The first-order chi connectivity index (χ1) is 4.95. The summed E-state index contributed by atoms with van der Waals surface area (Å²) in [6.45, 7) is 4.70. The molecule has 3 heteroatoms. The molecule has 0 aliphatic rings. The van der Waals surface area contributed by atoms with Gasteiger partial charge in [-0.25, -0.2) is 0 Å². The van der Waals surface area contributed by atoms with E-state index in [9.17, 15) is 0 Å². The van der Waals surface area contributed by atoms with Crippen LogP contribution < -0.4 is 0 Å². The van der Waals surface area contributed by atoms with Crippen LogP contribution in [0.25, 0.3) is 0 Å². The minimum atomic E-state index is -0.895. The van der Waals surface area contributed by atoms with E-state index in [-0.39, 0.29) is 0 Å². The number of hydrogen-bond acceptors (Lipinski definition) is 2. The first-order valence-electron chi connectivity index (χ1n) is 4.26. The van der Waals surface area contributed by atoms with Gasteiger partial charge in [0, 0.05) is 6.42 Å². The average Bonchev–Trinajstić information content (AvgIpc) is 1.83. The SMILES string of the molecule is CCCC(C)CC[N+](C)(O)O. The fraction of sp³-hybridized carbons (Fsp3) is 1.00. The van der Waals surface area contributed by atoms with E-state index in [0.717, 1.165) is 6.42 Å². The van der Waals surface area contributed by atoms with E-state index in [2.05, 4.69) is 13.8 Å². The lowest BCUT2D eigenvalue weighted by Crippen LogP contribution is -2.37. The summed E-state index contributed by atoms with van der Waals surface area (Å²) in [5.74, 6) is 0.594. The fourth-order valence-electron chi connectivity index (χ4n) is 1.10. The Labute approximate surface area is 68.8 Å². The molecule has 1 unspecified atom stereocenters. The van der Waals surface area contributed by atoms with Crippen molar-refractivity contribution in [3.63, 3.8) is 0 Å². The van der Waals surface area contributed by atoms with Crippen molar-refractivity contribution >= 4 is 0 Å². The maximum absolute atomic E-state index is 8.93. The molecule has 3 nitrogen and oxygen atoms in total. The van der Waals surface area contributed by atoms with Gasteiger partial charge >= 0.3 is 0 Å². The van der Waals surface area contributed by atoms with Crippen molar-refractivity contribution in [2.24, 2.45) is 5.92 Å². The smallest absolute Gasteiger partial charge is 0.142 e. The zero-order valence-corrected chi connectivity index (χ0v) is 7.75. The standard InChI is InChI=1S/C8H20NO2/c1-4-5-8(2)6-7-9(3,10)11/h8,10-11H,4-7H2,1-3H3/q+1. The lowest BCUT2D eigenvalue weighted by molar-refractivity contribution is -1.23. The highest BCUT2D eigenvalue weighted by molar-refractivity contribution is 4.49. The van der Waals surface area contributed by atoms with Crippen molar-refractivity contribution in [2.45, 2.75) is 33.1 Å². The maximum Gasteiger partial charge on any atom is 0.142 e. The highest BCUT2D eigenvalue weighted by Crippen LogP contribution is 2.10. The Morgan fingerprint density at radius 3 is 2.18 bits per heavy atom. The molecule has 0 spiro atoms. The molecule has 68 valence electrons. The van der Waals surface area contributed by atoms with Crippen molar-refractivity contribution < 1.29 is 15.2 Å². The van der Waals surface area contributed by atoms with Crippen LogP contribution in [0.15, 0.2) is 0 Å². The molecule has 0 radical (unpaired) electrons. The van der Waals surface area contributed by atoms with Crippen LogP contribution in [0, 0.1) is 5.92 Å². The molecule has 0 aliphatic carbocycles. The fourth-order valence-corrected chi connectivity index (χ4v) is 1.10. The molecule has 11 heavy (non-hydrogen) atoms. The highest BCUT2D eigenvalue weighted by atomic mass is 16.8. The molecule has 0 aromatic carbocycles. The maximum atomic E-state index is 8.93. The van der Waals surface area contributed by atoms with E-state index in [0.29, 0.717) is 12.5 Å². The third-order valence-electron chi connectivity index (χ3n) is 1.83. The number of hydrogen-bond donors (Lipinski definition) is 2. The Morgan fingerprint density at radius 2 is 1.82 bits per heavy atom. The van der Waals surface area contributed by atoms with Gasteiger partial charge in [-0.15, -0.1) is 0 Å². The Balaban J connectivity index is 3.38. The molecule has 2 N–H and O–H groups in total. The zero-order valence-electron chi connectivity index (χ0n) is 7.75. The van der Waals surface area contributed by atoms with Crippen LogP contribution in [0.2, 0.25) is 0 Å². The van der Waals surface area contributed by atoms with Crippen molar-refractivity contribution in [1.29, 1.82) is 0 Å². The van der Waals surface area contributed by atoms with Gasteiger partial charge in [-0.1, -0.05) is 31.5 Å². The topological polar surface area (TPSA) is 40.5 Å². The van der Waals surface area contributed by atoms with Crippen molar-refractivity contribution in [3.05, 3.63) is 0 Å². The van der Waals surface area contributed by atoms with Gasteiger partial charge in [0.2, 0.25) is 0 Å². The number of nitrogens with zero attached hydrogens (tertiary/aromatic N) is 1. The summed E-state index contributed by atoms with van der Waals surface area (Å²) in [5, 5.41) is 17.9. The second-order valence-electron chi connectivity index (χ2n) is 3.49. The Morgan fingerprint density at radius 1 is 1.27 bits per heavy atom. The van der Waals surface area contributed by atoms with Crippen molar-refractivity contribution in [1.82, 2.24) is 0 Å². The van der Waals surface area contributed by atoms with Crippen LogP contribution in [-0.2, 0) is 0 Å². The van der Waals surface area contributed by atoms with Gasteiger partial charge in [0.15, 0.2) is 0 Å². The number of hydroxylamine groups is 4. The van der Waals surface area contributed by atoms with Crippen LogP contribution in [0.3, 0.4) is 0 Å². The minimum absolute atomic E-state index is 0.418. The molecule has 0 amide bonds. The van der Waals surface area contributed by atoms with E-state index >= 15 is 0 Å². The molecule has 0 bridgehead atoms. The molecule has 0 heterocycles. The van der Waals surface area contributed by atoms with Gasteiger partial charge in [-0.3, -0.25) is 0 Å². The van der Waals surface area contributed by atoms with E-state index < -0.39 is 4.81 Å². The first-order valence-corrected chi connectivity index (χ1v) is 4.26. The Kier molecular flexibility index (Phi) is 4.65. The quantitative estimate of drug-likeness (QED) is 0.479. The molecular weight excluding hydrogens is 142 g/mol. The summed E-state index contributed by atoms with van der Waals surface area (Å²) in [6.07, 6.45) is 3.21. The van der Waals surface area contributed by atoms with Gasteiger partial charge in [0.1, 0.15) is 13.6 Å². The zero-order chi connectivity index (χ0) is 8.91. The largest absolute Gasteiger partial charge is 0.182 e. The predicted molar refractivity (Wildman–Crippen MR) is 43.3 cm³/mol. The normalized spacial score (nSPS) is 15.0. The van der Waals surface area contributed by atoms with Crippen LogP contribution in [-0.4, -0.2) is 28.8 Å². The van der Waals surface area contributed by atoms with E-state index in [1.807, 2.05) is 0 Å². The van der Waals surface area contributed by atoms with Gasteiger partial charge in [-0.05, 0) is 5.92 Å². The van der Waals surface area contributed by atoms with Gasteiger partial charge < -0.3 is 0 Å². The lowest BCUT2D eigenvalue weighted by Gasteiger charge is -2.17. The summed E-state index contributed by atoms with van der Waals surface area (Å²) in [4.78, 5) is -0.895. The first kappa shape index (κ1) is 10.9. The third-order valence-corrected chi connectivity index (χ3v) is 1.83. The molecule has 0 aliphatic heterocycles. The second kappa shape index (κ2) is 4.70. The molecule has 0 fully saturated rings. The third kappa shape index (κ3) is 7.78. The summed E-state index contributed by atoms with van der Waals surface area (Å²) >= 11 is 0.